The van der Waals surface area contributed by atoms with Crippen molar-refractivity contribution in [2.75, 3.05) is 19.8 Å². The third-order valence-electron chi connectivity index (χ3n) is 3.00. The highest BCUT2D eigenvalue weighted by molar-refractivity contribution is 5.28. The first kappa shape index (κ1) is 15.1. The van der Waals surface area contributed by atoms with Crippen LogP contribution in [-0.2, 0) is 4.74 Å². The predicted molar refractivity (Wildman–Crippen MR) is 65.3 cm³/mol. The van der Waals surface area contributed by atoms with Crippen LogP contribution in [0.1, 0.15) is 18.1 Å². The van der Waals surface area contributed by atoms with Crippen LogP contribution in [0.15, 0.2) is 24.3 Å². The Morgan fingerprint density at radius 3 is 2.60 bits per heavy atom. The van der Waals surface area contributed by atoms with Crippen molar-refractivity contribution in [3.63, 3.8) is 0 Å². The number of hydrogen-bond acceptors (Lipinski definition) is 4. The summed E-state index contributed by atoms with van der Waals surface area (Å²) in [6.45, 7) is 1.90. The number of benzene rings is 1. The predicted octanol–water partition coefficient (Wildman–Crippen LogP) is 2.00. The summed E-state index contributed by atoms with van der Waals surface area (Å²) in [6.07, 6.45) is -5.02. The van der Waals surface area contributed by atoms with Gasteiger partial charge in [-0.2, -0.15) is 0 Å². The molecule has 0 aromatic heterocycles. The lowest BCUT2D eigenvalue weighted by atomic mass is 10.0. The molecule has 4 nitrogen and oxygen atoms in total. The van der Waals surface area contributed by atoms with Gasteiger partial charge in [0, 0.05) is 12.6 Å². The van der Waals surface area contributed by atoms with Gasteiger partial charge in [-0.05, 0) is 24.1 Å². The average Bonchev–Trinajstić information content (AvgIpc) is 2.39. The van der Waals surface area contributed by atoms with E-state index >= 15 is 0 Å². The lowest BCUT2D eigenvalue weighted by Gasteiger charge is -2.26. The molecule has 1 aromatic carbocycles. The second-order valence-corrected chi connectivity index (χ2v) is 4.59. The van der Waals surface area contributed by atoms with Crippen LogP contribution in [0.2, 0.25) is 0 Å². The zero-order valence-electron chi connectivity index (χ0n) is 10.7. The largest absolute Gasteiger partial charge is 0.573 e. The van der Waals surface area contributed by atoms with Crippen molar-refractivity contribution in [2.24, 2.45) is 0 Å². The van der Waals surface area contributed by atoms with Crippen LogP contribution >= 0.6 is 0 Å². The zero-order chi connectivity index (χ0) is 14.6. The van der Waals surface area contributed by atoms with Gasteiger partial charge in [0.05, 0.1) is 19.3 Å². The minimum absolute atomic E-state index is 0.0462. The summed E-state index contributed by atoms with van der Waals surface area (Å²) in [6, 6.07) is 5.28. The Balaban J connectivity index is 1.91. The summed E-state index contributed by atoms with van der Waals surface area (Å²) < 4.78 is 45.1. The molecule has 7 heteroatoms. The molecule has 0 amide bonds. The van der Waals surface area contributed by atoms with Crippen molar-refractivity contribution in [1.29, 1.82) is 0 Å². The highest BCUT2D eigenvalue weighted by atomic mass is 19.4. The van der Waals surface area contributed by atoms with E-state index in [4.69, 9.17) is 4.74 Å². The first-order valence-electron chi connectivity index (χ1n) is 6.29. The fourth-order valence-electron chi connectivity index (χ4n) is 2.07. The normalized spacial score (nSPS) is 21.5. The van der Waals surface area contributed by atoms with Crippen LogP contribution in [0.3, 0.4) is 0 Å². The molecule has 2 rings (SSSR count). The maximum Gasteiger partial charge on any atom is 0.573 e. The lowest BCUT2D eigenvalue weighted by molar-refractivity contribution is -0.274. The molecule has 0 bridgehead atoms. The van der Waals surface area contributed by atoms with Gasteiger partial charge in [-0.15, -0.1) is 13.2 Å². The second kappa shape index (κ2) is 6.43. The monoisotopic (exact) mass is 291 g/mol. The number of alkyl halides is 3. The number of aliphatic hydroxyl groups is 1. The maximum absolute atomic E-state index is 12.0. The van der Waals surface area contributed by atoms with Gasteiger partial charge in [0.2, 0.25) is 0 Å². The molecule has 112 valence electrons. The summed E-state index contributed by atoms with van der Waals surface area (Å²) >= 11 is 0. The Bertz CT molecular complexity index is 416. The van der Waals surface area contributed by atoms with Crippen molar-refractivity contribution < 1.29 is 27.8 Å². The van der Waals surface area contributed by atoms with Crippen LogP contribution in [0.4, 0.5) is 13.2 Å². The highest BCUT2D eigenvalue weighted by Gasteiger charge is 2.31. The van der Waals surface area contributed by atoms with E-state index in [-0.39, 0.29) is 11.8 Å². The summed E-state index contributed by atoms with van der Waals surface area (Å²) in [5.41, 5.74) is 0.548. The van der Waals surface area contributed by atoms with Gasteiger partial charge in [0.15, 0.2) is 0 Å². The third kappa shape index (κ3) is 4.66. The molecule has 0 aliphatic carbocycles. The minimum Gasteiger partial charge on any atom is -0.406 e. The van der Waals surface area contributed by atoms with E-state index in [1.807, 2.05) is 0 Å². The molecule has 1 heterocycles. The average molecular weight is 291 g/mol. The quantitative estimate of drug-likeness (QED) is 0.891. The number of halogens is 3. The van der Waals surface area contributed by atoms with Crippen molar-refractivity contribution >= 4 is 0 Å². The van der Waals surface area contributed by atoms with Gasteiger partial charge in [0.25, 0.3) is 0 Å². The molecule has 1 fully saturated rings. The Kier molecular flexibility index (Phi) is 4.85. The van der Waals surface area contributed by atoms with Gasteiger partial charge in [-0.3, -0.25) is 0 Å². The summed E-state index contributed by atoms with van der Waals surface area (Å²) in [4.78, 5) is 0. The number of ether oxygens (including phenoxy) is 2. The maximum atomic E-state index is 12.0. The molecule has 20 heavy (non-hydrogen) atoms. The standard InChI is InChI=1S/C13H16F3NO3/c14-13(15,16)20-11-3-1-9(2-4-11)12(18)7-10-8-19-6-5-17-10/h1-4,10,12,17-18H,5-8H2. The van der Waals surface area contributed by atoms with Gasteiger partial charge < -0.3 is 19.9 Å². The fourth-order valence-corrected chi connectivity index (χ4v) is 2.07. The molecule has 2 N–H and O–H groups in total. The van der Waals surface area contributed by atoms with Crippen molar-refractivity contribution in [3.05, 3.63) is 29.8 Å². The molecule has 0 radical (unpaired) electrons. The molecule has 1 aliphatic rings. The number of rotatable bonds is 4. The van der Waals surface area contributed by atoms with E-state index in [9.17, 15) is 18.3 Å². The van der Waals surface area contributed by atoms with E-state index in [2.05, 4.69) is 10.1 Å². The van der Waals surface area contributed by atoms with Crippen LogP contribution in [0.5, 0.6) is 5.75 Å². The molecule has 1 aliphatic heterocycles. The van der Waals surface area contributed by atoms with Crippen molar-refractivity contribution in [2.45, 2.75) is 24.9 Å². The molecular formula is C13H16F3NO3. The van der Waals surface area contributed by atoms with Crippen LogP contribution in [0, 0.1) is 0 Å². The molecule has 0 spiro atoms. The second-order valence-electron chi connectivity index (χ2n) is 4.59. The molecule has 2 atom stereocenters. The Morgan fingerprint density at radius 2 is 2.05 bits per heavy atom. The Hall–Kier alpha value is -1.31. The lowest BCUT2D eigenvalue weighted by Crippen LogP contribution is -2.42. The highest BCUT2D eigenvalue weighted by Crippen LogP contribution is 2.26. The van der Waals surface area contributed by atoms with Crippen LogP contribution in [0.25, 0.3) is 0 Å². The van der Waals surface area contributed by atoms with Gasteiger partial charge in [-0.1, -0.05) is 12.1 Å². The van der Waals surface area contributed by atoms with E-state index < -0.39 is 12.5 Å². The Labute approximate surface area is 114 Å². The summed E-state index contributed by atoms with van der Waals surface area (Å²) in [5.74, 6) is -0.299. The van der Waals surface area contributed by atoms with E-state index in [0.717, 1.165) is 6.54 Å². The Morgan fingerprint density at radius 1 is 1.35 bits per heavy atom. The van der Waals surface area contributed by atoms with Gasteiger partial charge >= 0.3 is 6.36 Å². The van der Waals surface area contributed by atoms with Crippen LogP contribution < -0.4 is 10.1 Å². The van der Waals surface area contributed by atoms with Crippen molar-refractivity contribution in [1.82, 2.24) is 5.32 Å². The number of aliphatic hydroxyl groups excluding tert-OH is 1. The fraction of sp³-hybridized carbons (Fsp3) is 0.538. The van der Waals surface area contributed by atoms with E-state index in [1.165, 1.54) is 24.3 Å². The summed E-state index contributed by atoms with van der Waals surface area (Å²) in [7, 11) is 0. The molecular weight excluding hydrogens is 275 g/mol. The molecule has 2 unspecified atom stereocenters. The molecule has 0 saturated carbocycles. The topological polar surface area (TPSA) is 50.7 Å². The number of hydrogen-bond donors (Lipinski definition) is 2. The van der Waals surface area contributed by atoms with Crippen LogP contribution in [-0.4, -0.2) is 37.3 Å². The zero-order valence-corrected chi connectivity index (χ0v) is 10.7. The SMILES string of the molecule is OC(CC1COCCN1)c1ccc(OC(F)(F)F)cc1. The number of morpholine rings is 1. The summed E-state index contributed by atoms with van der Waals surface area (Å²) in [5, 5.41) is 13.2. The van der Waals surface area contributed by atoms with Crippen molar-refractivity contribution in [3.8, 4) is 5.75 Å². The first-order valence-corrected chi connectivity index (χ1v) is 6.29. The van der Waals surface area contributed by atoms with Gasteiger partial charge in [-0.25, -0.2) is 0 Å². The first-order chi connectivity index (χ1) is 9.44. The van der Waals surface area contributed by atoms with Gasteiger partial charge in [0.1, 0.15) is 5.75 Å². The number of nitrogens with one attached hydrogen (secondary N) is 1. The minimum atomic E-state index is -4.70. The molecule has 1 aromatic rings. The van der Waals surface area contributed by atoms with E-state index in [0.29, 0.717) is 25.2 Å². The molecule has 1 saturated heterocycles. The van der Waals surface area contributed by atoms with E-state index in [1.54, 1.807) is 0 Å². The smallest absolute Gasteiger partial charge is 0.406 e. The third-order valence-corrected chi connectivity index (χ3v) is 3.00.